The number of anilines is 1. The Labute approximate surface area is 273 Å². The lowest BCUT2D eigenvalue weighted by Gasteiger charge is -2.35. The van der Waals surface area contributed by atoms with Crippen molar-refractivity contribution in [2.75, 3.05) is 17.1 Å². The third-order valence-corrected chi connectivity index (χ3v) is 8.44. The van der Waals surface area contributed by atoms with Crippen LogP contribution in [0.25, 0.3) is 0 Å². The molecule has 1 atom stereocenters. The summed E-state index contributed by atoms with van der Waals surface area (Å²) in [6.45, 7) is 7.63. The summed E-state index contributed by atoms with van der Waals surface area (Å²) in [5, 5.41) is 3.04. The van der Waals surface area contributed by atoms with Gasteiger partial charge in [-0.25, -0.2) is 8.42 Å². The number of hydrogen-bond acceptors (Lipinski definition) is 5. The third-order valence-electron chi connectivity index (χ3n) is 7.30. The van der Waals surface area contributed by atoms with Gasteiger partial charge >= 0.3 is 0 Å². The maximum Gasteiger partial charge on any atom is 0.244 e. The van der Waals surface area contributed by atoms with E-state index in [-0.39, 0.29) is 18.9 Å². The van der Waals surface area contributed by atoms with Crippen molar-refractivity contribution in [2.24, 2.45) is 0 Å². The monoisotopic (exact) mass is 641 g/mol. The molecule has 8 nitrogen and oxygen atoms in total. The van der Waals surface area contributed by atoms with Crippen LogP contribution >= 0.6 is 0 Å². The molecule has 0 unspecified atom stereocenters. The van der Waals surface area contributed by atoms with Gasteiger partial charge in [0.25, 0.3) is 0 Å². The van der Waals surface area contributed by atoms with Crippen LogP contribution in [0.4, 0.5) is 5.69 Å². The molecule has 0 radical (unpaired) electrons. The van der Waals surface area contributed by atoms with E-state index >= 15 is 0 Å². The molecule has 4 aromatic carbocycles. The van der Waals surface area contributed by atoms with Gasteiger partial charge in [-0.05, 0) is 68.7 Å². The van der Waals surface area contributed by atoms with Crippen LogP contribution in [0.3, 0.4) is 0 Å². The van der Waals surface area contributed by atoms with Crippen LogP contribution in [0.5, 0.6) is 5.75 Å². The summed E-state index contributed by atoms with van der Waals surface area (Å²) in [6, 6.07) is 32.6. The molecule has 9 heteroatoms. The number of amides is 2. The van der Waals surface area contributed by atoms with E-state index in [4.69, 9.17) is 4.74 Å². The number of ether oxygens (including phenoxy) is 1. The van der Waals surface area contributed by atoms with Gasteiger partial charge in [0.05, 0.1) is 11.9 Å². The molecule has 4 rings (SSSR count). The smallest absolute Gasteiger partial charge is 0.244 e. The minimum absolute atomic E-state index is 0.123. The molecule has 242 valence electrons. The van der Waals surface area contributed by atoms with Crippen molar-refractivity contribution in [3.8, 4) is 5.75 Å². The molecule has 1 N–H and O–H groups in total. The second-order valence-electron chi connectivity index (χ2n) is 12.5. The van der Waals surface area contributed by atoms with Crippen molar-refractivity contribution < 1.29 is 22.7 Å². The fourth-order valence-corrected chi connectivity index (χ4v) is 5.81. The predicted octanol–water partition coefficient (Wildman–Crippen LogP) is 5.89. The summed E-state index contributed by atoms with van der Waals surface area (Å²) in [6.07, 6.45) is 1.32. The lowest BCUT2D eigenvalue weighted by molar-refractivity contribution is -0.140. The van der Waals surface area contributed by atoms with Crippen LogP contribution in [0.2, 0.25) is 0 Å². The normalized spacial score (nSPS) is 12.2. The van der Waals surface area contributed by atoms with E-state index in [0.29, 0.717) is 18.0 Å². The molecule has 0 aromatic heterocycles. The first-order valence-corrected chi connectivity index (χ1v) is 17.1. The highest BCUT2D eigenvalue weighted by Gasteiger charge is 2.34. The average molecular weight is 642 g/mol. The molecule has 0 fully saturated rings. The summed E-state index contributed by atoms with van der Waals surface area (Å²) < 4.78 is 33.2. The summed E-state index contributed by atoms with van der Waals surface area (Å²) >= 11 is 0. The van der Waals surface area contributed by atoms with Crippen molar-refractivity contribution in [3.63, 3.8) is 0 Å². The standard InChI is InChI=1S/C37H43N3O5S/c1-28-16-18-30(19-17-28)25-39(34(36(42)38-37(2,3)4)24-29-12-8-6-9-13-29)35(41)26-40(46(5,43)44)32-20-22-33(23-21-32)45-27-31-14-10-7-11-15-31/h6-23,34H,24-27H2,1-5H3,(H,38,42)/t34-/m0/s1. The highest BCUT2D eigenvalue weighted by atomic mass is 32.2. The number of aryl methyl sites for hydroxylation is 1. The Morgan fingerprint density at radius 2 is 1.35 bits per heavy atom. The first kappa shape index (κ1) is 34.2. The second-order valence-corrected chi connectivity index (χ2v) is 14.4. The number of sulfonamides is 1. The molecule has 0 bridgehead atoms. The van der Waals surface area contributed by atoms with Crippen LogP contribution in [-0.4, -0.2) is 49.5 Å². The zero-order chi connectivity index (χ0) is 33.3. The lowest BCUT2D eigenvalue weighted by atomic mass is 10.0. The van der Waals surface area contributed by atoms with Crippen LogP contribution in [0.1, 0.15) is 43.0 Å². The number of rotatable bonds is 13. The number of carbonyl (C=O) groups excluding carboxylic acids is 2. The molecule has 2 amide bonds. The van der Waals surface area contributed by atoms with E-state index in [1.54, 1.807) is 24.3 Å². The van der Waals surface area contributed by atoms with Gasteiger partial charge in [-0.15, -0.1) is 0 Å². The third kappa shape index (κ3) is 10.2. The molecule has 0 aliphatic rings. The number of benzene rings is 4. The maximum absolute atomic E-state index is 14.3. The van der Waals surface area contributed by atoms with Gasteiger partial charge in [-0.3, -0.25) is 13.9 Å². The summed E-state index contributed by atoms with van der Waals surface area (Å²) in [4.78, 5) is 29.6. The topological polar surface area (TPSA) is 96.0 Å². The zero-order valence-corrected chi connectivity index (χ0v) is 28.0. The molecule has 4 aromatic rings. The molecule has 46 heavy (non-hydrogen) atoms. The predicted molar refractivity (Wildman–Crippen MR) is 183 cm³/mol. The largest absolute Gasteiger partial charge is 0.489 e. The summed E-state index contributed by atoms with van der Waals surface area (Å²) in [7, 11) is -3.88. The molecule has 0 aliphatic heterocycles. The maximum atomic E-state index is 14.3. The summed E-state index contributed by atoms with van der Waals surface area (Å²) in [5.74, 6) is -0.252. The van der Waals surface area contributed by atoms with Crippen LogP contribution in [0.15, 0.2) is 109 Å². The molecule has 0 aliphatic carbocycles. The van der Waals surface area contributed by atoms with E-state index in [9.17, 15) is 18.0 Å². The summed E-state index contributed by atoms with van der Waals surface area (Å²) in [5.41, 5.74) is 3.54. The Morgan fingerprint density at radius 3 is 1.89 bits per heavy atom. The average Bonchev–Trinajstić information content (AvgIpc) is 3.01. The van der Waals surface area contributed by atoms with Crippen molar-refractivity contribution in [3.05, 3.63) is 131 Å². The van der Waals surface area contributed by atoms with E-state index in [1.807, 2.05) is 113 Å². The van der Waals surface area contributed by atoms with E-state index in [0.717, 1.165) is 32.8 Å². The Balaban J connectivity index is 1.65. The fraction of sp³-hybridized carbons (Fsp3) is 0.297. The SMILES string of the molecule is Cc1ccc(CN(C(=O)CN(c2ccc(OCc3ccccc3)cc2)S(C)(=O)=O)[C@@H](Cc2ccccc2)C(=O)NC(C)(C)C)cc1. The lowest BCUT2D eigenvalue weighted by Crippen LogP contribution is -2.56. The Bertz CT molecular complexity index is 1690. The Morgan fingerprint density at radius 1 is 0.783 bits per heavy atom. The van der Waals surface area contributed by atoms with Gasteiger partial charge < -0.3 is 15.0 Å². The zero-order valence-electron chi connectivity index (χ0n) is 27.1. The van der Waals surface area contributed by atoms with Crippen LogP contribution in [-0.2, 0) is 39.2 Å². The number of nitrogens with one attached hydrogen (secondary N) is 1. The Kier molecular flexibility index (Phi) is 11.2. The molecule has 0 spiro atoms. The molecular weight excluding hydrogens is 598 g/mol. The van der Waals surface area contributed by atoms with Crippen molar-refractivity contribution in [2.45, 2.75) is 58.8 Å². The van der Waals surface area contributed by atoms with Gasteiger partial charge in [-0.2, -0.15) is 0 Å². The van der Waals surface area contributed by atoms with E-state index < -0.39 is 34.1 Å². The van der Waals surface area contributed by atoms with Gasteiger partial charge in [0.2, 0.25) is 21.8 Å². The molecule has 0 heterocycles. The fourth-order valence-electron chi connectivity index (χ4n) is 4.96. The van der Waals surface area contributed by atoms with Crippen LogP contribution < -0.4 is 14.4 Å². The van der Waals surface area contributed by atoms with Gasteiger partial charge in [0.15, 0.2) is 0 Å². The highest BCUT2D eigenvalue weighted by Crippen LogP contribution is 2.24. The van der Waals surface area contributed by atoms with Crippen LogP contribution in [0, 0.1) is 6.92 Å². The minimum Gasteiger partial charge on any atom is -0.489 e. The quantitative estimate of drug-likeness (QED) is 0.196. The van der Waals surface area contributed by atoms with Gasteiger partial charge in [-0.1, -0.05) is 90.5 Å². The first-order chi connectivity index (χ1) is 21.8. The number of carbonyl (C=O) groups is 2. The molecular formula is C37H43N3O5S. The number of hydrogen-bond donors (Lipinski definition) is 1. The van der Waals surface area contributed by atoms with Crippen molar-refractivity contribution in [1.29, 1.82) is 0 Å². The second kappa shape index (κ2) is 15.1. The van der Waals surface area contributed by atoms with Crippen molar-refractivity contribution in [1.82, 2.24) is 10.2 Å². The molecule has 0 saturated heterocycles. The minimum atomic E-state index is -3.88. The van der Waals surface area contributed by atoms with Gasteiger partial charge in [0, 0.05) is 18.5 Å². The van der Waals surface area contributed by atoms with E-state index in [2.05, 4.69) is 5.32 Å². The Hall–Kier alpha value is -4.63. The highest BCUT2D eigenvalue weighted by molar-refractivity contribution is 7.92. The first-order valence-electron chi connectivity index (χ1n) is 15.2. The van der Waals surface area contributed by atoms with E-state index in [1.165, 1.54) is 4.90 Å². The number of nitrogens with zero attached hydrogens (tertiary/aromatic N) is 2. The van der Waals surface area contributed by atoms with Gasteiger partial charge in [0.1, 0.15) is 24.9 Å². The molecule has 0 saturated carbocycles. The van der Waals surface area contributed by atoms with Crippen molar-refractivity contribution >= 4 is 27.5 Å².